The van der Waals surface area contributed by atoms with Gasteiger partial charge in [0.2, 0.25) is 0 Å². The van der Waals surface area contributed by atoms with Crippen LogP contribution in [0.25, 0.3) is 0 Å². The summed E-state index contributed by atoms with van der Waals surface area (Å²) in [5, 5.41) is 21.8. The van der Waals surface area contributed by atoms with Gasteiger partial charge in [0.05, 0.1) is 16.2 Å². The number of carbonyl (C=O) groups excluding carboxylic acids is 1. The molecular formula is C13H10N2O5S. The molecule has 108 valence electrons. The third kappa shape index (κ3) is 3.86. The average Bonchev–Trinajstić information content (AvgIpc) is 2.88. The summed E-state index contributed by atoms with van der Waals surface area (Å²) in [5.41, 5.74) is 0.993. The van der Waals surface area contributed by atoms with E-state index in [9.17, 15) is 19.7 Å². The second-order valence-corrected chi connectivity index (χ2v) is 5.18. The molecule has 2 N–H and O–H groups in total. The molecule has 0 radical (unpaired) electrons. The number of aliphatic carboxylic acids is 1. The first-order valence-electron chi connectivity index (χ1n) is 5.82. The highest BCUT2D eigenvalue weighted by atomic mass is 32.1. The molecule has 2 rings (SSSR count). The molecular weight excluding hydrogens is 296 g/mol. The SMILES string of the molecule is O=C(O)Cc1cccc(NC(=O)c2ccc([N+](=O)[O-])s2)c1. The smallest absolute Gasteiger partial charge is 0.324 e. The van der Waals surface area contributed by atoms with E-state index in [0.29, 0.717) is 11.3 Å². The number of nitrogens with zero attached hydrogens (tertiary/aromatic N) is 1. The fraction of sp³-hybridized carbons (Fsp3) is 0.0769. The summed E-state index contributed by atoms with van der Waals surface area (Å²) in [6.45, 7) is 0. The lowest BCUT2D eigenvalue weighted by atomic mass is 10.1. The zero-order valence-corrected chi connectivity index (χ0v) is 11.4. The molecule has 0 spiro atoms. The maximum atomic E-state index is 11.9. The molecule has 21 heavy (non-hydrogen) atoms. The van der Waals surface area contributed by atoms with Gasteiger partial charge in [0.25, 0.3) is 5.91 Å². The Kier molecular flexibility index (Phi) is 4.29. The van der Waals surface area contributed by atoms with Gasteiger partial charge in [0, 0.05) is 11.8 Å². The minimum Gasteiger partial charge on any atom is -0.481 e. The topological polar surface area (TPSA) is 110 Å². The average molecular weight is 306 g/mol. The van der Waals surface area contributed by atoms with Crippen LogP contribution < -0.4 is 5.32 Å². The number of hydrogen-bond acceptors (Lipinski definition) is 5. The first kappa shape index (κ1) is 14.7. The van der Waals surface area contributed by atoms with Crippen molar-refractivity contribution in [2.24, 2.45) is 0 Å². The van der Waals surface area contributed by atoms with E-state index in [2.05, 4.69) is 5.32 Å². The van der Waals surface area contributed by atoms with Crippen molar-refractivity contribution >= 4 is 33.9 Å². The predicted octanol–water partition coefficient (Wildman–Crippen LogP) is 2.54. The highest BCUT2D eigenvalue weighted by molar-refractivity contribution is 7.17. The van der Waals surface area contributed by atoms with E-state index in [1.165, 1.54) is 12.1 Å². The zero-order valence-electron chi connectivity index (χ0n) is 10.6. The van der Waals surface area contributed by atoms with E-state index >= 15 is 0 Å². The van der Waals surface area contributed by atoms with Crippen molar-refractivity contribution in [3.63, 3.8) is 0 Å². The molecule has 0 bridgehead atoms. The zero-order chi connectivity index (χ0) is 15.4. The van der Waals surface area contributed by atoms with Crippen LogP contribution in [-0.4, -0.2) is 21.9 Å². The molecule has 0 atom stereocenters. The number of hydrogen-bond donors (Lipinski definition) is 2. The first-order valence-corrected chi connectivity index (χ1v) is 6.63. The van der Waals surface area contributed by atoms with Crippen molar-refractivity contribution in [3.05, 3.63) is 57.0 Å². The summed E-state index contributed by atoms with van der Waals surface area (Å²) in [7, 11) is 0. The highest BCUT2D eigenvalue weighted by Crippen LogP contribution is 2.24. The number of thiophene rings is 1. The van der Waals surface area contributed by atoms with Crippen molar-refractivity contribution < 1.29 is 19.6 Å². The summed E-state index contributed by atoms with van der Waals surface area (Å²) in [6, 6.07) is 9.07. The summed E-state index contributed by atoms with van der Waals surface area (Å²) in [4.78, 5) is 32.8. The minimum atomic E-state index is -0.965. The van der Waals surface area contributed by atoms with Crippen LogP contribution >= 0.6 is 11.3 Å². The second-order valence-electron chi connectivity index (χ2n) is 4.12. The molecule has 0 saturated heterocycles. The third-order valence-corrected chi connectivity index (χ3v) is 3.57. The molecule has 8 heteroatoms. The van der Waals surface area contributed by atoms with E-state index in [1.54, 1.807) is 24.3 Å². The largest absolute Gasteiger partial charge is 0.481 e. The van der Waals surface area contributed by atoms with Crippen LogP contribution in [0, 0.1) is 10.1 Å². The monoisotopic (exact) mass is 306 g/mol. The Balaban J connectivity index is 2.11. The molecule has 2 aromatic rings. The Morgan fingerprint density at radius 2 is 2.05 bits per heavy atom. The van der Waals surface area contributed by atoms with E-state index < -0.39 is 16.8 Å². The molecule has 0 unspecified atom stereocenters. The van der Waals surface area contributed by atoms with Gasteiger partial charge in [0.15, 0.2) is 0 Å². The molecule has 1 amide bonds. The number of anilines is 1. The number of carboxylic acid groups (broad SMARTS) is 1. The van der Waals surface area contributed by atoms with Gasteiger partial charge in [-0.3, -0.25) is 19.7 Å². The molecule has 7 nitrogen and oxygen atoms in total. The first-order chi connectivity index (χ1) is 9.95. The Morgan fingerprint density at radius 3 is 2.67 bits per heavy atom. The summed E-state index contributed by atoms with van der Waals surface area (Å²) in [5.74, 6) is -1.44. The Hall–Kier alpha value is -2.74. The second kappa shape index (κ2) is 6.14. The van der Waals surface area contributed by atoms with Gasteiger partial charge in [-0.2, -0.15) is 0 Å². The van der Waals surface area contributed by atoms with Crippen LogP contribution in [0.2, 0.25) is 0 Å². The van der Waals surface area contributed by atoms with Crippen LogP contribution in [0.3, 0.4) is 0 Å². The van der Waals surface area contributed by atoms with Crippen LogP contribution in [0.4, 0.5) is 10.7 Å². The maximum absolute atomic E-state index is 11.9. The lowest BCUT2D eigenvalue weighted by Crippen LogP contribution is -2.10. The van der Waals surface area contributed by atoms with E-state index in [0.717, 1.165) is 11.3 Å². The lowest BCUT2D eigenvalue weighted by Gasteiger charge is -2.05. The van der Waals surface area contributed by atoms with Gasteiger partial charge in [-0.1, -0.05) is 23.5 Å². The number of nitrogens with one attached hydrogen (secondary N) is 1. The normalized spacial score (nSPS) is 10.1. The number of carbonyl (C=O) groups is 2. The van der Waals surface area contributed by atoms with Crippen molar-refractivity contribution in [2.75, 3.05) is 5.32 Å². The van der Waals surface area contributed by atoms with Gasteiger partial charge in [0.1, 0.15) is 0 Å². The number of amides is 1. The molecule has 1 aromatic heterocycles. The summed E-state index contributed by atoms with van der Waals surface area (Å²) in [6.07, 6.45) is -0.145. The molecule has 0 aliphatic rings. The Morgan fingerprint density at radius 1 is 1.29 bits per heavy atom. The fourth-order valence-corrected chi connectivity index (χ4v) is 2.39. The minimum absolute atomic E-state index is 0.111. The van der Waals surface area contributed by atoms with Gasteiger partial charge in [-0.25, -0.2) is 0 Å². The van der Waals surface area contributed by atoms with Gasteiger partial charge in [-0.05, 0) is 23.8 Å². The quantitative estimate of drug-likeness (QED) is 0.651. The van der Waals surface area contributed by atoms with Gasteiger partial charge in [-0.15, -0.1) is 0 Å². The van der Waals surface area contributed by atoms with Crippen molar-refractivity contribution in [2.45, 2.75) is 6.42 Å². The molecule has 0 aliphatic heterocycles. The summed E-state index contributed by atoms with van der Waals surface area (Å²) >= 11 is 0.778. The molecule has 0 saturated carbocycles. The van der Waals surface area contributed by atoms with Crippen LogP contribution in [0.15, 0.2) is 36.4 Å². The molecule has 0 fully saturated rings. The summed E-state index contributed by atoms with van der Waals surface area (Å²) < 4.78 is 0. The van der Waals surface area contributed by atoms with Gasteiger partial charge < -0.3 is 10.4 Å². The van der Waals surface area contributed by atoms with Crippen LogP contribution in [0.5, 0.6) is 0 Å². The van der Waals surface area contributed by atoms with Crippen molar-refractivity contribution in [1.82, 2.24) is 0 Å². The van der Waals surface area contributed by atoms with E-state index in [-0.39, 0.29) is 16.3 Å². The van der Waals surface area contributed by atoms with Gasteiger partial charge >= 0.3 is 11.0 Å². The third-order valence-electron chi connectivity index (χ3n) is 2.54. The van der Waals surface area contributed by atoms with Crippen molar-refractivity contribution in [3.8, 4) is 0 Å². The Labute approximate surface area is 123 Å². The Bertz CT molecular complexity index is 710. The molecule has 0 aliphatic carbocycles. The predicted molar refractivity (Wildman–Crippen MR) is 76.7 cm³/mol. The number of benzene rings is 1. The number of carboxylic acids is 1. The van der Waals surface area contributed by atoms with E-state index in [4.69, 9.17) is 5.11 Å². The van der Waals surface area contributed by atoms with Crippen LogP contribution in [-0.2, 0) is 11.2 Å². The highest BCUT2D eigenvalue weighted by Gasteiger charge is 2.15. The number of nitro groups is 1. The molecule has 1 aromatic carbocycles. The number of rotatable bonds is 5. The molecule has 1 heterocycles. The lowest BCUT2D eigenvalue weighted by molar-refractivity contribution is -0.380. The van der Waals surface area contributed by atoms with E-state index in [1.807, 2.05) is 0 Å². The van der Waals surface area contributed by atoms with Crippen LogP contribution in [0.1, 0.15) is 15.2 Å². The fourth-order valence-electron chi connectivity index (χ4n) is 1.67. The maximum Gasteiger partial charge on any atom is 0.324 e. The standard InChI is InChI=1S/C13H10N2O5S/c16-12(17)7-8-2-1-3-9(6-8)14-13(18)10-4-5-11(21-10)15(19)20/h1-6H,7H2,(H,14,18)(H,16,17). The van der Waals surface area contributed by atoms with Crippen molar-refractivity contribution in [1.29, 1.82) is 0 Å².